The summed E-state index contributed by atoms with van der Waals surface area (Å²) in [6.45, 7) is 0.405. The second-order valence-corrected chi connectivity index (χ2v) is 9.20. The van der Waals surface area contributed by atoms with E-state index in [2.05, 4.69) is 16.4 Å². The Labute approximate surface area is 190 Å². The smallest absolute Gasteiger partial charge is 0.229 e. The zero-order valence-corrected chi connectivity index (χ0v) is 18.8. The molecule has 1 aromatic heterocycles. The molecule has 2 amide bonds. The highest BCUT2D eigenvalue weighted by atomic mass is 32.2. The number of benzene rings is 2. The predicted molar refractivity (Wildman–Crippen MR) is 128 cm³/mol. The van der Waals surface area contributed by atoms with Gasteiger partial charge in [-0.3, -0.25) is 14.6 Å². The van der Waals surface area contributed by atoms with Gasteiger partial charge < -0.3 is 10.2 Å². The maximum Gasteiger partial charge on any atom is 0.229 e. The third-order valence-corrected chi connectivity index (χ3v) is 6.96. The number of rotatable bonds is 7. The van der Waals surface area contributed by atoms with E-state index in [0.29, 0.717) is 6.54 Å². The van der Waals surface area contributed by atoms with E-state index in [1.807, 2.05) is 67.0 Å². The van der Waals surface area contributed by atoms with E-state index >= 15 is 0 Å². The van der Waals surface area contributed by atoms with E-state index in [9.17, 15) is 9.59 Å². The predicted octanol–water partition coefficient (Wildman–Crippen LogP) is 5.09. The van der Waals surface area contributed by atoms with Gasteiger partial charge in [-0.15, -0.1) is 23.5 Å². The van der Waals surface area contributed by atoms with Crippen molar-refractivity contribution in [3.8, 4) is 0 Å². The third-order valence-electron chi connectivity index (χ3n) is 5.13. The molecule has 31 heavy (non-hydrogen) atoms. The van der Waals surface area contributed by atoms with Crippen LogP contribution in [-0.2, 0) is 15.3 Å². The summed E-state index contributed by atoms with van der Waals surface area (Å²) >= 11 is 3.38. The summed E-state index contributed by atoms with van der Waals surface area (Å²) in [5, 5.41) is 2.96. The van der Waals surface area contributed by atoms with E-state index in [4.69, 9.17) is 0 Å². The molecule has 1 aliphatic heterocycles. The summed E-state index contributed by atoms with van der Waals surface area (Å²) in [7, 11) is 0. The van der Waals surface area contributed by atoms with E-state index in [-0.39, 0.29) is 24.2 Å². The van der Waals surface area contributed by atoms with Crippen LogP contribution in [0.3, 0.4) is 0 Å². The topological polar surface area (TPSA) is 62.3 Å². The van der Waals surface area contributed by atoms with Crippen LogP contribution in [0.4, 0.5) is 11.4 Å². The van der Waals surface area contributed by atoms with Crippen LogP contribution >= 0.6 is 23.5 Å². The third kappa shape index (κ3) is 5.48. The lowest BCUT2D eigenvalue weighted by Crippen LogP contribution is -2.28. The van der Waals surface area contributed by atoms with Crippen LogP contribution in [0.1, 0.15) is 12.0 Å². The molecule has 0 radical (unpaired) electrons. The van der Waals surface area contributed by atoms with Crippen LogP contribution in [0.5, 0.6) is 0 Å². The van der Waals surface area contributed by atoms with Gasteiger partial charge in [-0.05, 0) is 66.4 Å². The molecule has 1 N–H and O–H groups in total. The molecule has 1 saturated heterocycles. The Kier molecular flexibility index (Phi) is 6.94. The second kappa shape index (κ2) is 10.0. The normalized spacial score (nSPS) is 15.8. The zero-order valence-electron chi connectivity index (χ0n) is 17.2. The molecule has 1 atom stereocenters. The molecule has 5 nitrogen and oxygen atoms in total. The minimum Gasteiger partial charge on any atom is -0.326 e. The summed E-state index contributed by atoms with van der Waals surface area (Å²) in [6, 6.07) is 19.6. The summed E-state index contributed by atoms with van der Waals surface area (Å²) in [6.07, 6.45) is 5.88. The van der Waals surface area contributed by atoms with E-state index in [1.165, 1.54) is 5.56 Å². The van der Waals surface area contributed by atoms with Gasteiger partial charge in [0, 0.05) is 52.3 Å². The molecule has 158 valence electrons. The van der Waals surface area contributed by atoms with Gasteiger partial charge in [-0.25, -0.2) is 0 Å². The van der Waals surface area contributed by atoms with E-state index < -0.39 is 0 Å². The van der Waals surface area contributed by atoms with Gasteiger partial charge >= 0.3 is 0 Å². The highest BCUT2D eigenvalue weighted by Gasteiger charge is 2.35. The molecule has 3 aromatic rings. The molecule has 0 saturated carbocycles. The van der Waals surface area contributed by atoms with Crippen molar-refractivity contribution in [2.75, 3.05) is 23.0 Å². The molecular formula is C24H23N3O2S2. The van der Waals surface area contributed by atoms with Crippen LogP contribution in [0, 0.1) is 5.92 Å². The lowest BCUT2D eigenvalue weighted by atomic mass is 10.1. The summed E-state index contributed by atoms with van der Waals surface area (Å²) < 4.78 is 0. The SMILES string of the molecule is CSc1ccc(N2CC(C(=O)Nc3ccc(SCc4cccnc4)cc3)CC2=O)cc1. The number of aromatic nitrogens is 1. The molecule has 1 fully saturated rings. The van der Waals surface area contributed by atoms with Gasteiger partial charge in [-0.1, -0.05) is 6.07 Å². The minimum absolute atomic E-state index is 0.0146. The van der Waals surface area contributed by atoms with Crippen LogP contribution in [0.25, 0.3) is 0 Å². The minimum atomic E-state index is -0.354. The van der Waals surface area contributed by atoms with E-state index in [1.54, 1.807) is 34.6 Å². The largest absolute Gasteiger partial charge is 0.326 e. The fourth-order valence-electron chi connectivity index (χ4n) is 3.42. The lowest BCUT2D eigenvalue weighted by molar-refractivity contribution is -0.122. The molecule has 4 rings (SSSR count). The average molecular weight is 450 g/mol. The maximum atomic E-state index is 12.7. The molecule has 0 spiro atoms. The van der Waals surface area contributed by atoms with Crippen molar-refractivity contribution in [2.24, 2.45) is 5.92 Å². The van der Waals surface area contributed by atoms with Gasteiger partial charge in [-0.2, -0.15) is 0 Å². The first-order valence-corrected chi connectivity index (χ1v) is 12.2. The fourth-order valence-corrected chi connectivity index (χ4v) is 4.66. The van der Waals surface area contributed by atoms with Crippen molar-refractivity contribution in [3.05, 3.63) is 78.6 Å². The Hall–Kier alpha value is -2.77. The lowest BCUT2D eigenvalue weighted by Gasteiger charge is -2.17. The Morgan fingerprint density at radius 3 is 2.52 bits per heavy atom. The molecule has 0 bridgehead atoms. The number of carbonyl (C=O) groups is 2. The van der Waals surface area contributed by atoms with E-state index in [0.717, 1.165) is 26.9 Å². The van der Waals surface area contributed by atoms with Crippen molar-refractivity contribution in [1.29, 1.82) is 0 Å². The van der Waals surface area contributed by atoms with Gasteiger partial charge in [0.25, 0.3) is 0 Å². The Morgan fingerprint density at radius 2 is 1.84 bits per heavy atom. The molecule has 1 aliphatic rings. The number of nitrogens with one attached hydrogen (secondary N) is 1. The van der Waals surface area contributed by atoms with Crippen LogP contribution in [0.2, 0.25) is 0 Å². The number of anilines is 2. The first-order valence-electron chi connectivity index (χ1n) is 9.99. The molecular weight excluding hydrogens is 426 g/mol. The number of thioether (sulfide) groups is 2. The van der Waals surface area contributed by atoms with Crippen molar-refractivity contribution in [2.45, 2.75) is 22.0 Å². The highest BCUT2D eigenvalue weighted by molar-refractivity contribution is 7.98. The Balaban J connectivity index is 1.32. The average Bonchev–Trinajstić information content (AvgIpc) is 3.21. The molecule has 2 heterocycles. The Morgan fingerprint density at radius 1 is 1.10 bits per heavy atom. The number of carbonyl (C=O) groups excluding carboxylic acids is 2. The Bertz CT molecular complexity index is 1040. The molecule has 1 unspecified atom stereocenters. The molecule has 0 aliphatic carbocycles. The number of amides is 2. The summed E-state index contributed by atoms with van der Waals surface area (Å²) in [4.78, 5) is 33.3. The maximum absolute atomic E-state index is 12.7. The molecule has 7 heteroatoms. The first kappa shape index (κ1) is 21.5. The fraction of sp³-hybridized carbons (Fsp3) is 0.208. The summed E-state index contributed by atoms with van der Waals surface area (Å²) in [5.74, 6) is 0.358. The van der Waals surface area contributed by atoms with Crippen molar-refractivity contribution in [1.82, 2.24) is 4.98 Å². The van der Waals surface area contributed by atoms with Gasteiger partial charge in [0.2, 0.25) is 11.8 Å². The quantitative estimate of drug-likeness (QED) is 0.509. The van der Waals surface area contributed by atoms with Crippen LogP contribution < -0.4 is 10.2 Å². The standard InChI is InChI=1S/C24H23N3O2S2/c1-30-21-10-6-20(7-11-21)27-15-18(13-23(27)28)24(29)26-19-4-8-22(9-5-19)31-16-17-3-2-12-25-14-17/h2-12,14,18H,13,15-16H2,1H3,(H,26,29). The number of hydrogen-bond acceptors (Lipinski definition) is 5. The summed E-state index contributed by atoms with van der Waals surface area (Å²) in [5.41, 5.74) is 2.75. The van der Waals surface area contributed by atoms with Crippen molar-refractivity contribution in [3.63, 3.8) is 0 Å². The molecule has 2 aromatic carbocycles. The highest BCUT2D eigenvalue weighted by Crippen LogP contribution is 2.28. The number of hydrogen-bond donors (Lipinski definition) is 1. The monoisotopic (exact) mass is 449 g/mol. The van der Waals surface area contributed by atoms with Crippen LogP contribution in [-0.4, -0.2) is 29.6 Å². The number of pyridine rings is 1. The van der Waals surface area contributed by atoms with Crippen molar-refractivity contribution >= 4 is 46.7 Å². The van der Waals surface area contributed by atoms with Crippen LogP contribution in [0.15, 0.2) is 82.8 Å². The van der Waals surface area contributed by atoms with Gasteiger partial charge in [0.1, 0.15) is 0 Å². The zero-order chi connectivity index (χ0) is 21.6. The van der Waals surface area contributed by atoms with Gasteiger partial charge in [0.15, 0.2) is 0 Å². The van der Waals surface area contributed by atoms with Crippen molar-refractivity contribution < 1.29 is 9.59 Å². The first-order chi connectivity index (χ1) is 15.1. The number of nitrogens with zero attached hydrogens (tertiary/aromatic N) is 2. The van der Waals surface area contributed by atoms with Gasteiger partial charge in [0.05, 0.1) is 5.92 Å². The second-order valence-electron chi connectivity index (χ2n) is 7.27.